The van der Waals surface area contributed by atoms with Crippen molar-refractivity contribution in [2.75, 3.05) is 33.3 Å². The topological polar surface area (TPSA) is 63.4 Å². The van der Waals surface area contributed by atoms with Gasteiger partial charge in [0.15, 0.2) is 0 Å². The lowest BCUT2D eigenvalue weighted by Crippen LogP contribution is -2.35. The molecule has 6 heteroatoms. The molecule has 1 aromatic heterocycles. The van der Waals surface area contributed by atoms with E-state index in [2.05, 4.69) is 34.3 Å². The number of nitrogens with zero attached hydrogens (tertiary/aromatic N) is 3. The third kappa shape index (κ3) is 2.28. The summed E-state index contributed by atoms with van der Waals surface area (Å²) in [5.41, 5.74) is 0. The molecule has 0 bridgehead atoms. The molecular weight excluding hydrogens is 232 g/mol. The van der Waals surface area contributed by atoms with Crippen molar-refractivity contribution in [2.24, 2.45) is 0 Å². The minimum atomic E-state index is -0.0501. The van der Waals surface area contributed by atoms with Crippen LogP contribution in [0.3, 0.4) is 0 Å². The summed E-state index contributed by atoms with van der Waals surface area (Å²) in [6.07, 6.45) is 1.01. The summed E-state index contributed by atoms with van der Waals surface area (Å²) < 4.78 is 11.1. The van der Waals surface area contributed by atoms with Crippen molar-refractivity contribution in [3.63, 3.8) is 0 Å². The summed E-state index contributed by atoms with van der Waals surface area (Å²) in [5, 5.41) is 7.48. The molecular formula is C12H20N4O2. The van der Waals surface area contributed by atoms with Gasteiger partial charge >= 0.3 is 0 Å². The summed E-state index contributed by atoms with van der Waals surface area (Å²) in [4.78, 5) is 6.76. The first-order chi connectivity index (χ1) is 8.74. The fraction of sp³-hybridized carbons (Fsp3) is 0.833. The highest BCUT2D eigenvalue weighted by Gasteiger charge is 2.31. The predicted octanol–water partition coefficient (Wildman–Crippen LogP) is 0.538. The average molecular weight is 252 g/mol. The minimum Gasteiger partial charge on any atom is -0.367 e. The van der Waals surface area contributed by atoms with Crippen molar-refractivity contribution < 1.29 is 9.26 Å². The van der Waals surface area contributed by atoms with Crippen LogP contribution in [-0.2, 0) is 4.74 Å². The number of hydrogen-bond acceptors (Lipinski definition) is 6. The van der Waals surface area contributed by atoms with Crippen LogP contribution in [0.25, 0.3) is 0 Å². The molecule has 2 aliphatic heterocycles. The van der Waals surface area contributed by atoms with Gasteiger partial charge in [0, 0.05) is 19.1 Å². The van der Waals surface area contributed by atoms with Crippen LogP contribution in [0.15, 0.2) is 4.52 Å². The van der Waals surface area contributed by atoms with Crippen LogP contribution in [0.2, 0.25) is 0 Å². The summed E-state index contributed by atoms with van der Waals surface area (Å²) in [6, 6.07) is 0.410. The normalized spacial score (nSPS) is 34.0. The van der Waals surface area contributed by atoms with E-state index in [0.717, 1.165) is 38.6 Å². The highest BCUT2D eigenvalue weighted by molar-refractivity contribution is 5.03. The molecule has 0 aliphatic carbocycles. The van der Waals surface area contributed by atoms with E-state index in [4.69, 9.17) is 9.26 Å². The molecule has 0 saturated carbocycles. The Balaban J connectivity index is 1.72. The number of likely N-dealkylation sites (N-methyl/N-ethyl adjacent to an activating group) is 1. The Morgan fingerprint density at radius 2 is 2.33 bits per heavy atom. The van der Waals surface area contributed by atoms with Gasteiger partial charge in [-0.15, -0.1) is 0 Å². The van der Waals surface area contributed by atoms with Gasteiger partial charge < -0.3 is 19.5 Å². The molecule has 3 rings (SSSR count). The van der Waals surface area contributed by atoms with Crippen LogP contribution in [0.5, 0.6) is 0 Å². The first-order valence-electron chi connectivity index (χ1n) is 6.61. The highest BCUT2D eigenvalue weighted by atomic mass is 16.5. The summed E-state index contributed by atoms with van der Waals surface area (Å²) in [6.45, 7) is 5.70. The van der Waals surface area contributed by atoms with Crippen LogP contribution < -0.4 is 5.32 Å². The van der Waals surface area contributed by atoms with Crippen molar-refractivity contribution in [2.45, 2.75) is 31.4 Å². The van der Waals surface area contributed by atoms with E-state index in [0.29, 0.717) is 17.8 Å². The number of ether oxygens (including phenoxy) is 1. The number of nitrogens with one attached hydrogen (secondary N) is 1. The number of aromatic nitrogens is 2. The van der Waals surface area contributed by atoms with Gasteiger partial charge in [-0.25, -0.2) is 0 Å². The second kappa shape index (κ2) is 4.95. The standard InChI is InChI=1S/C12H20N4O2/c1-8-9(3-4-13-8)12-14-11(15-18-12)10-7-16(2)5-6-17-10/h8-10,13H,3-7H2,1-2H3. The SMILES string of the molecule is CC1NCCC1c1nc(C2CN(C)CCO2)no1. The van der Waals surface area contributed by atoms with Gasteiger partial charge in [0.05, 0.1) is 12.5 Å². The molecule has 6 nitrogen and oxygen atoms in total. The fourth-order valence-electron chi connectivity index (χ4n) is 2.66. The molecule has 0 spiro atoms. The Hall–Kier alpha value is -0.980. The molecule has 2 aliphatic rings. The molecule has 0 aromatic carbocycles. The Bertz CT molecular complexity index is 409. The highest BCUT2D eigenvalue weighted by Crippen LogP contribution is 2.28. The van der Waals surface area contributed by atoms with Crippen LogP contribution in [0.1, 0.15) is 37.1 Å². The zero-order valence-corrected chi connectivity index (χ0v) is 10.9. The van der Waals surface area contributed by atoms with E-state index < -0.39 is 0 Å². The smallest absolute Gasteiger partial charge is 0.231 e. The zero-order chi connectivity index (χ0) is 12.5. The van der Waals surface area contributed by atoms with Crippen molar-refractivity contribution in [1.29, 1.82) is 0 Å². The van der Waals surface area contributed by atoms with Crippen molar-refractivity contribution in [3.05, 3.63) is 11.7 Å². The number of morpholine rings is 1. The molecule has 3 unspecified atom stereocenters. The summed E-state index contributed by atoms with van der Waals surface area (Å²) in [7, 11) is 2.08. The molecule has 0 radical (unpaired) electrons. The van der Waals surface area contributed by atoms with Gasteiger partial charge in [0.25, 0.3) is 0 Å². The third-order valence-electron chi connectivity index (χ3n) is 3.86. The van der Waals surface area contributed by atoms with E-state index >= 15 is 0 Å². The molecule has 3 heterocycles. The second-order valence-corrected chi connectivity index (χ2v) is 5.25. The summed E-state index contributed by atoms with van der Waals surface area (Å²) in [5.74, 6) is 1.78. The van der Waals surface area contributed by atoms with E-state index in [-0.39, 0.29) is 6.10 Å². The van der Waals surface area contributed by atoms with Crippen molar-refractivity contribution >= 4 is 0 Å². The quantitative estimate of drug-likeness (QED) is 0.829. The Labute approximate surface area is 107 Å². The third-order valence-corrected chi connectivity index (χ3v) is 3.86. The fourth-order valence-corrected chi connectivity index (χ4v) is 2.66. The van der Waals surface area contributed by atoms with Gasteiger partial charge in [-0.3, -0.25) is 0 Å². The molecule has 2 fully saturated rings. The van der Waals surface area contributed by atoms with E-state index in [1.54, 1.807) is 0 Å². The van der Waals surface area contributed by atoms with Crippen LogP contribution >= 0.6 is 0 Å². The molecule has 3 atom stereocenters. The number of rotatable bonds is 2. The van der Waals surface area contributed by atoms with E-state index in [1.807, 2.05) is 0 Å². The minimum absolute atomic E-state index is 0.0501. The Morgan fingerprint density at radius 1 is 1.44 bits per heavy atom. The van der Waals surface area contributed by atoms with Gasteiger partial charge in [-0.2, -0.15) is 4.98 Å². The lowest BCUT2D eigenvalue weighted by molar-refractivity contribution is -0.0264. The Morgan fingerprint density at radius 3 is 3.06 bits per heavy atom. The maximum Gasteiger partial charge on any atom is 0.231 e. The number of hydrogen-bond donors (Lipinski definition) is 1. The zero-order valence-electron chi connectivity index (χ0n) is 10.9. The molecule has 0 amide bonds. The van der Waals surface area contributed by atoms with Gasteiger partial charge in [0.2, 0.25) is 11.7 Å². The van der Waals surface area contributed by atoms with Gasteiger partial charge in [0.1, 0.15) is 6.10 Å². The predicted molar refractivity (Wildman–Crippen MR) is 65.3 cm³/mol. The van der Waals surface area contributed by atoms with Gasteiger partial charge in [-0.1, -0.05) is 5.16 Å². The first kappa shape index (κ1) is 12.1. The lowest BCUT2D eigenvalue weighted by Gasteiger charge is -2.27. The largest absolute Gasteiger partial charge is 0.367 e. The van der Waals surface area contributed by atoms with E-state index in [1.165, 1.54) is 0 Å². The lowest BCUT2D eigenvalue weighted by atomic mass is 10.0. The molecule has 2 saturated heterocycles. The summed E-state index contributed by atoms with van der Waals surface area (Å²) >= 11 is 0. The van der Waals surface area contributed by atoms with Gasteiger partial charge in [-0.05, 0) is 26.9 Å². The maximum absolute atomic E-state index is 5.69. The van der Waals surface area contributed by atoms with Crippen LogP contribution in [0, 0.1) is 0 Å². The maximum atomic E-state index is 5.69. The van der Waals surface area contributed by atoms with Crippen molar-refractivity contribution in [3.8, 4) is 0 Å². The first-order valence-corrected chi connectivity index (χ1v) is 6.61. The molecule has 1 N–H and O–H groups in total. The van der Waals surface area contributed by atoms with E-state index in [9.17, 15) is 0 Å². The second-order valence-electron chi connectivity index (χ2n) is 5.25. The van der Waals surface area contributed by atoms with Crippen molar-refractivity contribution in [1.82, 2.24) is 20.4 Å². The van der Waals surface area contributed by atoms with Crippen LogP contribution in [-0.4, -0.2) is 54.4 Å². The monoisotopic (exact) mass is 252 g/mol. The Kier molecular flexibility index (Phi) is 3.32. The average Bonchev–Trinajstić information content (AvgIpc) is 2.97. The molecule has 1 aromatic rings. The molecule has 18 heavy (non-hydrogen) atoms. The molecule has 100 valence electrons. The van der Waals surface area contributed by atoms with Crippen LogP contribution in [0.4, 0.5) is 0 Å².